The lowest BCUT2D eigenvalue weighted by molar-refractivity contribution is -0.127. The van der Waals surface area contributed by atoms with Gasteiger partial charge in [-0.25, -0.2) is 8.78 Å². The Morgan fingerprint density at radius 3 is 2.38 bits per heavy atom. The van der Waals surface area contributed by atoms with E-state index in [1.165, 1.54) is 12.1 Å². The normalized spacial score (nSPS) is 14.8. The van der Waals surface area contributed by atoms with E-state index in [2.05, 4.69) is 0 Å². The molecule has 0 spiro atoms. The maximum atomic E-state index is 13.3. The lowest BCUT2D eigenvalue weighted by atomic mass is 10.1. The number of hydrogen-bond donors (Lipinski definition) is 0. The molecule has 1 aliphatic heterocycles. The Labute approximate surface area is 168 Å². The summed E-state index contributed by atoms with van der Waals surface area (Å²) in [6.45, 7) is 1.04. The maximum absolute atomic E-state index is 13.3. The Bertz CT molecular complexity index is 892. The van der Waals surface area contributed by atoms with Crippen LogP contribution >= 0.6 is 0 Å². The fourth-order valence-corrected chi connectivity index (χ4v) is 3.17. The minimum Gasteiger partial charge on any atom is -0.497 e. The van der Waals surface area contributed by atoms with E-state index in [4.69, 9.17) is 14.2 Å². The first kappa shape index (κ1) is 20.6. The third-order valence-electron chi connectivity index (χ3n) is 4.79. The van der Waals surface area contributed by atoms with Crippen molar-refractivity contribution in [2.24, 2.45) is 0 Å². The summed E-state index contributed by atoms with van der Waals surface area (Å²) in [4.78, 5) is 14.2. The highest BCUT2D eigenvalue weighted by Gasteiger charge is 2.23. The van der Waals surface area contributed by atoms with Crippen LogP contribution in [0.15, 0.2) is 42.5 Å². The van der Waals surface area contributed by atoms with E-state index >= 15 is 0 Å². The smallest absolute Gasteiger partial charge is 0.246 e. The van der Waals surface area contributed by atoms with Gasteiger partial charge >= 0.3 is 0 Å². The largest absolute Gasteiger partial charge is 0.497 e. The van der Waals surface area contributed by atoms with Crippen LogP contribution in [0.3, 0.4) is 0 Å². The number of likely N-dealkylation sites (tertiary alicyclic amines) is 1. The zero-order valence-electron chi connectivity index (χ0n) is 16.4. The van der Waals surface area contributed by atoms with E-state index in [1.807, 2.05) is 0 Å². The second kappa shape index (κ2) is 9.41. The second-order valence-electron chi connectivity index (χ2n) is 6.66. The SMILES string of the molecule is COc1ccc(OC)c(/C=C/C(=O)N2CCC(Oc3ccc(F)c(F)c3)CC2)c1. The number of carbonyl (C=O) groups is 1. The van der Waals surface area contributed by atoms with E-state index in [9.17, 15) is 13.6 Å². The fraction of sp³-hybridized carbons (Fsp3) is 0.318. The lowest BCUT2D eigenvalue weighted by Crippen LogP contribution is -2.41. The van der Waals surface area contributed by atoms with Crippen molar-refractivity contribution >= 4 is 12.0 Å². The van der Waals surface area contributed by atoms with Crippen molar-refractivity contribution in [3.05, 3.63) is 59.7 Å². The Kier molecular flexibility index (Phi) is 6.69. The van der Waals surface area contributed by atoms with Crippen LogP contribution in [0.25, 0.3) is 6.08 Å². The van der Waals surface area contributed by atoms with Crippen molar-refractivity contribution in [1.29, 1.82) is 0 Å². The molecule has 0 atom stereocenters. The fourth-order valence-electron chi connectivity index (χ4n) is 3.17. The van der Waals surface area contributed by atoms with Crippen LogP contribution in [0.4, 0.5) is 8.78 Å². The number of hydrogen-bond acceptors (Lipinski definition) is 4. The van der Waals surface area contributed by atoms with E-state index in [-0.39, 0.29) is 12.0 Å². The molecule has 0 bridgehead atoms. The molecular weight excluding hydrogens is 380 g/mol. The first-order valence-electron chi connectivity index (χ1n) is 9.31. The van der Waals surface area contributed by atoms with Gasteiger partial charge in [-0.1, -0.05) is 0 Å². The molecule has 154 valence electrons. The van der Waals surface area contributed by atoms with Crippen molar-refractivity contribution in [2.75, 3.05) is 27.3 Å². The summed E-state index contributed by atoms with van der Waals surface area (Å²) in [5.41, 5.74) is 0.747. The zero-order chi connectivity index (χ0) is 20.8. The van der Waals surface area contributed by atoms with Gasteiger partial charge in [-0.3, -0.25) is 4.79 Å². The van der Waals surface area contributed by atoms with E-state index in [1.54, 1.807) is 43.4 Å². The maximum Gasteiger partial charge on any atom is 0.246 e. The minimum atomic E-state index is -0.937. The highest BCUT2D eigenvalue weighted by atomic mass is 19.2. The summed E-state index contributed by atoms with van der Waals surface area (Å²) in [6.07, 6.45) is 4.29. The van der Waals surface area contributed by atoms with Gasteiger partial charge in [-0.15, -0.1) is 0 Å². The first-order valence-corrected chi connectivity index (χ1v) is 9.31. The first-order chi connectivity index (χ1) is 14.0. The van der Waals surface area contributed by atoms with Gasteiger partial charge in [0.15, 0.2) is 11.6 Å². The summed E-state index contributed by atoms with van der Waals surface area (Å²) in [7, 11) is 3.14. The highest BCUT2D eigenvalue weighted by molar-refractivity contribution is 5.92. The monoisotopic (exact) mass is 403 g/mol. The van der Waals surface area contributed by atoms with Crippen molar-refractivity contribution in [1.82, 2.24) is 4.90 Å². The van der Waals surface area contributed by atoms with Crippen LogP contribution in [0.2, 0.25) is 0 Å². The van der Waals surface area contributed by atoms with Gasteiger partial charge in [0.2, 0.25) is 5.91 Å². The molecule has 0 unspecified atom stereocenters. The summed E-state index contributed by atoms with van der Waals surface area (Å²) in [6, 6.07) is 8.85. The molecule has 7 heteroatoms. The van der Waals surface area contributed by atoms with Gasteiger partial charge in [0.25, 0.3) is 0 Å². The van der Waals surface area contributed by atoms with E-state index in [0.717, 1.165) is 17.7 Å². The van der Waals surface area contributed by atoms with Gasteiger partial charge in [0, 0.05) is 43.6 Å². The Morgan fingerprint density at radius 2 is 1.72 bits per heavy atom. The molecule has 1 heterocycles. The summed E-state index contributed by atoms with van der Waals surface area (Å²) in [5.74, 6) is -0.341. The van der Waals surface area contributed by atoms with Gasteiger partial charge in [0.1, 0.15) is 23.4 Å². The van der Waals surface area contributed by atoms with Gasteiger partial charge in [-0.05, 0) is 36.4 Å². The molecule has 1 saturated heterocycles. The summed E-state index contributed by atoms with van der Waals surface area (Å²) in [5, 5.41) is 0. The number of ether oxygens (including phenoxy) is 3. The molecule has 5 nitrogen and oxygen atoms in total. The van der Waals surface area contributed by atoms with Gasteiger partial charge in [-0.2, -0.15) is 0 Å². The highest BCUT2D eigenvalue weighted by Crippen LogP contribution is 2.25. The average molecular weight is 403 g/mol. The molecule has 3 rings (SSSR count). The summed E-state index contributed by atoms with van der Waals surface area (Å²) >= 11 is 0. The zero-order valence-corrected chi connectivity index (χ0v) is 16.4. The molecule has 2 aromatic rings. The number of methoxy groups -OCH3 is 2. The Morgan fingerprint density at radius 1 is 1.00 bits per heavy atom. The van der Waals surface area contributed by atoms with Crippen LogP contribution in [-0.4, -0.2) is 44.2 Å². The van der Waals surface area contributed by atoms with Crippen LogP contribution < -0.4 is 14.2 Å². The van der Waals surface area contributed by atoms with Gasteiger partial charge < -0.3 is 19.1 Å². The molecule has 1 aliphatic rings. The number of amides is 1. The van der Waals surface area contributed by atoms with E-state index in [0.29, 0.717) is 43.2 Å². The average Bonchev–Trinajstić information content (AvgIpc) is 2.75. The molecule has 0 saturated carbocycles. The Hall–Kier alpha value is -3.09. The molecule has 1 fully saturated rings. The van der Waals surface area contributed by atoms with Crippen molar-refractivity contribution in [2.45, 2.75) is 18.9 Å². The molecule has 2 aromatic carbocycles. The number of nitrogens with zero attached hydrogens (tertiary/aromatic N) is 1. The number of halogens is 2. The summed E-state index contributed by atoms with van der Waals surface area (Å²) < 4.78 is 42.5. The Balaban J connectivity index is 1.56. The molecule has 0 aromatic heterocycles. The quantitative estimate of drug-likeness (QED) is 0.683. The number of carbonyl (C=O) groups excluding carboxylic acids is 1. The molecule has 0 N–H and O–H groups in total. The number of benzene rings is 2. The van der Waals surface area contributed by atoms with Crippen LogP contribution in [0, 0.1) is 11.6 Å². The molecular formula is C22H23F2NO4. The van der Waals surface area contributed by atoms with Gasteiger partial charge in [0.05, 0.1) is 14.2 Å². The third kappa shape index (κ3) is 5.25. The van der Waals surface area contributed by atoms with Crippen molar-refractivity contribution in [3.8, 4) is 17.2 Å². The number of rotatable bonds is 6. The third-order valence-corrected chi connectivity index (χ3v) is 4.79. The van der Waals surface area contributed by atoms with Crippen LogP contribution in [0.5, 0.6) is 17.2 Å². The predicted molar refractivity (Wildman–Crippen MR) is 105 cm³/mol. The van der Waals surface area contributed by atoms with Crippen LogP contribution in [0.1, 0.15) is 18.4 Å². The minimum absolute atomic E-state index is 0.110. The molecule has 29 heavy (non-hydrogen) atoms. The number of piperidine rings is 1. The predicted octanol–water partition coefficient (Wildman–Crippen LogP) is 4.07. The van der Waals surface area contributed by atoms with Crippen molar-refractivity contribution < 1.29 is 27.8 Å². The molecule has 1 amide bonds. The standard InChI is InChI=1S/C22H23F2NO4/c1-27-17-5-7-21(28-2)15(13-17)3-8-22(26)25-11-9-16(10-12-25)29-18-4-6-19(23)20(24)14-18/h3-8,13-14,16H,9-12H2,1-2H3/b8-3+. The molecule has 0 aliphatic carbocycles. The lowest BCUT2D eigenvalue weighted by Gasteiger charge is -2.31. The van der Waals surface area contributed by atoms with E-state index < -0.39 is 11.6 Å². The van der Waals surface area contributed by atoms with Crippen molar-refractivity contribution in [3.63, 3.8) is 0 Å². The topological polar surface area (TPSA) is 48.0 Å². The molecule has 0 radical (unpaired) electrons. The van der Waals surface area contributed by atoms with Crippen LogP contribution in [-0.2, 0) is 4.79 Å². The second-order valence-corrected chi connectivity index (χ2v) is 6.66.